The molecule has 0 aliphatic heterocycles. The van der Waals surface area contributed by atoms with Crippen LogP contribution in [0.25, 0.3) is 0 Å². The van der Waals surface area contributed by atoms with Gasteiger partial charge in [-0.05, 0) is 23.6 Å². The summed E-state index contributed by atoms with van der Waals surface area (Å²) in [5, 5.41) is 2.56. The molecule has 0 atom stereocenters. The third-order valence-corrected chi connectivity index (χ3v) is 2.74. The molecule has 20 heavy (non-hydrogen) atoms. The number of hydrogen-bond acceptors (Lipinski definition) is 3. The fourth-order valence-electron chi connectivity index (χ4n) is 1.69. The Balaban J connectivity index is 2.84. The fourth-order valence-corrected chi connectivity index (χ4v) is 1.69. The molecule has 0 aromatic heterocycles. The number of terminal acetylenes is 1. The lowest BCUT2D eigenvalue weighted by Gasteiger charge is -2.23. The van der Waals surface area contributed by atoms with Crippen LogP contribution in [-0.2, 0) is 10.2 Å². The number of carbonyl (C=O) groups excluding carboxylic acids is 1. The Kier molecular flexibility index (Phi) is 5.45. The zero-order valence-electron chi connectivity index (χ0n) is 12.4. The van der Waals surface area contributed by atoms with Gasteiger partial charge < -0.3 is 14.8 Å². The maximum Gasteiger partial charge on any atom is 0.258 e. The third kappa shape index (κ3) is 4.51. The van der Waals surface area contributed by atoms with Gasteiger partial charge in [0.2, 0.25) is 0 Å². The first-order valence-electron chi connectivity index (χ1n) is 6.40. The lowest BCUT2D eigenvalue weighted by molar-refractivity contribution is -0.122. The minimum Gasteiger partial charge on any atom is -0.497 e. The second-order valence-electron chi connectivity index (χ2n) is 5.38. The summed E-state index contributed by atoms with van der Waals surface area (Å²) in [5.41, 5.74) is 0.876. The highest BCUT2D eigenvalue weighted by atomic mass is 16.5. The molecule has 1 amide bonds. The molecule has 4 nitrogen and oxygen atoms in total. The average Bonchev–Trinajstić information content (AvgIpc) is 2.41. The molecular weight excluding hydrogens is 254 g/mol. The maximum atomic E-state index is 11.5. The van der Waals surface area contributed by atoms with Crippen molar-refractivity contribution < 1.29 is 14.3 Å². The predicted octanol–water partition coefficient (Wildman–Crippen LogP) is 2.12. The van der Waals surface area contributed by atoms with Crippen LogP contribution < -0.4 is 14.8 Å². The largest absolute Gasteiger partial charge is 0.497 e. The molecule has 0 bridgehead atoms. The summed E-state index contributed by atoms with van der Waals surface area (Å²) >= 11 is 0. The van der Waals surface area contributed by atoms with Gasteiger partial charge >= 0.3 is 0 Å². The molecule has 0 aliphatic carbocycles. The van der Waals surface area contributed by atoms with Gasteiger partial charge in [0, 0.05) is 5.56 Å². The quantitative estimate of drug-likeness (QED) is 0.837. The minimum absolute atomic E-state index is 0.0584. The van der Waals surface area contributed by atoms with Crippen molar-refractivity contribution in [3.05, 3.63) is 23.8 Å². The summed E-state index contributed by atoms with van der Waals surface area (Å²) in [4.78, 5) is 11.5. The van der Waals surface area contributed by atoms with Crippen LogP contribution in [0.4, 0.5) is 0 Å². The van der Waals surface area contributed by atoms with E-state index in [1.807, 2.05) is 18.2 Å². The molecule has 0 aliphatic rings. The Morgan fingerprint density at radius 2 is 2.10 bits per heavy atom. The standard InChI is InChI=1S/C16H21NO3/c1-6-9-17-15(18)11-20-14-8-7-12(19-5)10-13(14)16(2,3)4/h1,7-8,10H,9,11H2,2-5H3,(H,17,18). The summed E-state index contributed by atoms with van der Waals surface area (Å²) in [6, 6.07) is 5.55. The highest BCUT2D eigenvalue weighted by Crippen LogP contribution is 2.34. The lowest BCUT2D eigenvalue weighted by atomic mass is 9.86. The van der Waals surface area contributed by atoms with Crippen LogP contribution in [0, 0.1) is 12.3 Å². The molecule has 4 heteroatoms. The molecule has 0 fully saturated rings. The first-order chi connectivity index (χ1) is 9.38. The number of carbonyl (C=O) groups is 1. The van der Waals surface area contributed by atoms with E-state index in [1.54, 1.807) is 7.11 Å². The molecule has 0 saturated carbocycles. The van der Waals surface area contributed by atoms with E-state index < -0.39 is 0 Å². The molecule has 1 N–H and O–H groups in total. The van der Waals surface area contributed by atoms with Crippen LogP contribution in [-0.4, -0.2) is 26.2 Å². The molecule has 1 aromatic rings. The first kappa shape index (κ1) is 15.9. The Hall–Kier alpha value is -2.15. The highest BCUT2D eigenvalue weighted by molar-refractivity contribution is 5.77. The average molecular weight is 275 g/mol. The number of ether oxygens (including phenoxy) is 2. The SMILES string of the molecule is C#CCNC(=O)COc1ccc(OC)cc1C(C)(C)C. The van der Waals surface area contributed by atoms with E-state index in [0.29, 0.717) is 5.75 Å². The Morgan fingerprint density at radius 3 is 2.65 bits per heavy atom. The molecular formula is C16H21NO3. The monoisotopic (exact) mass is 275 g/mol. The molecule has 0 saturated heterocycles. The Labute approximate surface area is 120 Å². The van der Waals surface area contributed by atoms with E-state index in [0.717, 1.165) is 11.3 Å². The van der Waals surface area contributed by atoms with Crippen molar-refractivity contribution in [3.63, 3.8) is 0 Å². The van der Waals surface area contributed by atoms with Crippen LogP contribution in [0.2, 0.25) is 0 Å². The number of benzene rings is 1. The Morgan fingerprint density at radius 1 is 1.40 bits per heavy atom. The zero-order chi connectivity index (χ0) is 15.2. The maximum absolute atomic E-state index is 11.5. The van der Waals surface area contributed by atoms with Crippen molar-refractivity contribution in [3.8, 4) is 23.8 Å². The number of nitrogens with one attached hydrogen (secondary N) is 1. The molecule has 108 valence electrons. The van der Waals surface area contributed by atoms with Crippen molar-refractivity contribution in [2.45, 2.75) is 26.2 Å². The predicted molar refractivity (Wildman–Crippen MR) is 79.0 cm³/mol. The van der Waals surface area contributed by atoms with Gasteiger partial charge in [-0.2, -0.15) is 0 Å². The summed E-state index contributed by atoms with van der Waals surface area (Å²) in [6.45, 7) is 6.38. The van der Waals surface area contributed by atoms with Crippen molar-refractivity contribution in [1.82, 2.24) is 5.32 Å². The highest BCUT2D eigenvalue weighted by Gasteiger charge is 2.20. The van der Waals surface area contributed by atoms with Crippen LogP contribution in [0.3, 0.4) is 0 Å². The van der Waals surface area contributed by atoms with Gasteiger partial charge in [-0.1, -0.05) is 26.7 Å². The topological polar surface area (TPSA) is 47.6 Å². The Bertz CT molecular complexity index is 509. The summed E-state index contributed by atoms with van der Waals surface area (Å²) in [7, 11) is 1.62. The number of hydrogen-bond donors (Lipinski definition) is 1. The summed E-state index contributed by atoms with van der Waals surface area (Å²) in [6.07, 6.45) is 5.08. The van der Waals surface area contributed by atoms with Crippen molar-refractivity contribution in [2.75, 3.05) is 20.3 Å². The molecule has 0 spiro atoms. The minimum atomic E-state index is -0.237. The van der Waals surface area contributed by atoms with Gasteiger partial charge in [-0.15, -0.1) is 6.42 Å². The van der Waals surface area contributed by atoms with E-state index in [4.69, 9.17) is 15.9 Å². The van der Waals surface area contributed by atoms with E-state index >= 15 is 0 Å². The summed E-state index contributed by atoms with van der Waals surface area (Å²) in [5.74, 6) is 3.54. The molecule has 0 heterocycles. The second kappa shape index (κ2) is 6.85. The van der Waals surface area contributed by atoms with E-state index in [2.05, 4.69) is 32.0 Å². The molecule has 1 rings (SSSR count). The van der Waals surface area contributed by atoms with Crippen LogP contribution >= 0.6 is 0 Å². The molecule has 0 radical (unpaired) electrons. The fraction of sp³-hybridized carbons (Fsp3) is 0.438. The van der Waals surface area contributed by atoms with Crippen molar-refractivity contribution in [2.24, 2.45) is 0 Å². The van der Waals surface area contributed by atoms with E-state index in [-0.39, 0.29) is 24.5 Å². The van der Waals surface area contributed by atoms with E-state index in [1.165, 1.54) is 0 Å². The van der Waals surface area contributed by atoms with Gasteiger partial charge in [0.05, 0.1) is 13.7 Å². The second-order valence-corrected chi connectivity index (χ2v) is 5.38. The van der Waals surface area contributed by atoms with Crippen LogP contribution in [0.15, 0.2) is 18.2 Å². The van der Waals surface area contributed by atoms with Gasteiger partial charge in [0.25, 0.3) is 5.91 Å². The molecule has 0 unspecified atom stereocenters. The molecule has 1 aromatic carbocycles. The van der Waals surface area contributed by atoms with Crippen LogP contribution in [0.5, 0.6) is 11.5 Å². The smallest absolute Gasteiger partial charge is 0.258 e. The van der Waals surface area contributed by atoms with Crippen LogP contribution in [0.1, 0.15) is 26.3 Å². The van der Waals surface area contributed by atoms with E-state index in [9.17, 15) is 4.79 Å². The van der Waals surface area contributed by atoms with Crippen molar-refractivity contribution >= 4 is 5.91 Å². The normalized spacial score (nSPS) is 10.6. The zero-order valence-corrected chi connectivity index (χ0v) is 12.4. The summed E-state index contributed by atoms with van der Waals surface area (Å²) < 4.78 is 10.8. The third-order valence-electron chi connectivity index (χ3n) is 2.74. The number of methoxy groups -OCH3 is 1. The number of rotatable bonds is 5. The number of amides is 1. The van der Waals surface area contributed by atoms with Gasteiger partial charge in [-0.25, -0.2) is 0 Å². The van der Waals surface area contributed by atoms with Gasteiger partial charge in [-0.3, -0.25) is 4.79 Å². The first-order valence-corrected chi connectivity index (χ1v) is 6.40. The van der Waals surface area contributed by atoms with Gasteiger partial charge in [0.15, 0.2) is 6.61 Å². The van der Waals surface area contributed by atoms with Crippen molar-refractivity contribution in [1.29, 1.82) is 0 Å². The lowest BCUT2D eigenvalue weighted by Crippen LogP contribution is -2.29. The van der Waals surface area contributed by atoms with Gasteiger partial charge in [0.1, 0.15) is 11.5 Å².